The van der Waals surface area contributed by atoms with Crippen LogP contribution in [0.5, 0.6) is 0 Å². The molecule has 2 heterocycles. The van der Waals surface area contributed by atoms with Gasteiger partial charge in [0.2, 0.25) is 0 Å². The second-order valence-corrected chi connectivity index (χ2v) is 7.04. The van der Waals surface area contributed by atoms with E-state index in [-0.39, 0.29) is 17.8 Å². The summed E-state index contributed by atoms with van der Waals surface area (Å²) in [6, 6.07) is 16.3. The average Bonchev–Trinajstić information content (AvgIpc) is 3.26. The molecule has 7 heteroatoms. The van der Waals surface area contributed by atoms with Crippen molar-refractivity contribution in [3.8, 4) is 0 Å². The van der Waals surface area contributed by atoms with Crippen LogP contribution in [0.1, 0.15) is 23.6 Å². The van der Waals surface area contributed by atoms with Crippen LogP contribution in [0.25, 0.3) is 0 Å². The molecule has 2 aromatic carbocycles. The predicted octanol–water partition coefficient (Wildman–Crippen LogP) is 2.38. The van der Waals surface area contributed by atoms with Gasteiger partial charge in [-0.1, -0.05) is 54.6 Å². The first-order valence-electron chi connectivity index (χ1n) is 9.33. The van der Waals surface area contributed by atoms with Crippen LogP contribution in [0.15, 0.2) is 65.7 Å². The standard InChI is InChI=1S/C23H20O7/c1-14(24)29-13-22-16-11-7-8-12-17(16)23(30-22,15-9-5-4-6-10-15)19(21(26)28-3)18(22)20(25)27-2/h4-12H,13H2,1-3H3/t22-,23+/m1/s1. The molecule has 2 atom stereocenters. The Morgan fingerprint density at radius 3 is 2.00 bits per heavy atom. The number of ether oxygens (including phenoxy) is 4. The largest absolute Gasteiger partial charge is 0.466 e. The Morgan fingerprint density at radius 1 is 0.833 bits per heavy atom. The van der Waals surface area contributed by atoms with E-state index in [1.165, 1.54) is 21.1 Å². The van der Waals surface area contributed by atoms with E-state index in [1.54, 1.807) is 12.1 Å². The maximum absolute atomic E-state index is 13.0. The van der Waals surface area contributed by atoms with Crippen LogP contribution in [-0.2, 0) is 44.5 Å². The molecule has 0 aromatic heterocycles. The SMILES string of the molecule is COC(=O)C1=C(C(=O)OC)[C@]2(COC(C)=O)O[C@@]1(c1ccccc1)c1ccccc12. The molecule has 7 nitrogen and oxygen atoms in total. The maximum atomic E-state index is 13.0. The minimum absolute atomic E-state index is 0.0221. The summed E-state index contributed by atoms with van der Waals surface area (Å²) in [7, 11) is 2.45. The van der Waals surface area contributed by atoms with Crippen molar-refractivity contribution < 1.29 is 33.3 Å². The Hall–Kier alpha value is -3.45. The number of methoxy groups -OCH3 is 2. The summed E-state index contributed by atoms with van der Waals surface area (Å²) in [5.41, 5.74) is -0.973. The van der Waals surface area contributed by atoms with Gasteiger partial charge in [-0.2, -0.15) is 0 Å². The Bertz CT molecular complexity index is 1070. The summed E-state index contributed by atoms with van der Waals surface area (Å²) in [4.78, 5) is 37.6. The third-order valence-corrected chi connectivity index (χ3v) is 5.51. The van der Waals surface area contributed by atoms with Gasteiger partial charge in [0.05, 0.1) is 25.4 Å². The molecule has 2 aliphatic heterocycles. The summed E-state index contributed by atoms with van der Waals surface area (Å²) in [6.07, 6.45) is 0. The van der Waals surface area contributed by atoms with Crippen molar-refractivity contribution in [2.45, 2.75) is 18.1 Å². The Kier molecular flexibility index (Phi) is 4.70. The molecular weight excluding hydrogens is 388 g/mol. The number of carbonyl (C=O) groups excluding carboxylic acids is 3. The molecule has 30 heavy (non-hydrogen) atoms. The minimum atomic E-state index is -1.51. The fourth-order valence-electron chi connectivity index (χ4n) is 4.39. The molecular formula is C23H20O7. The fourth-order valence-corrected chi connectivity index (χ4v) is 4.39. The molecule has 154 valence electrons. The highest BCUT2D eigenvalue weighted by Gasteiger charge is 2.69. The first kappa shape index (κ1) is 19.8. The number of benzene rings is 2. The van der Waals surface area contributed by atoms with Crippen LogP contribution in [0, 0.1) is 0 Å². The number of esters is 3. The third-order valence-electron chi connectivity index (χ3n) is 5.51. The topological polar surface area (TPSA) is 88.1 Å². The Morgan fingerprint density at radius 2 is 1.40 bits per heavy atom. The van der Waals surface area contributed by atoms with Gasteiger partial charge in [-0.3, -0.25) is 4.79 Å². The highest BCUT2D eigenvalue weighted by molar-refractivity contribution is 6.07. The summed E-state index contributed by atoms with van der Waals surface area (Å²) in [6.45, 7) is 0.971. The van der Waals surface area contributed by atoms with E-state index in [2.05, 4.69) is 0 Å². The van der Waals surface area contributed by atoms with E-state index in [4.69, 9.17) is 18.9 Å². The van der Waals surface area contributed by atoms with Gasteiger partial charge >= 0.3 is 17.9 Å². The molecule has 4 rings (SSSR count). The summed E-state index contributed by atoms with van der Waals surface area (Å²) < 4.78 is 22.0. The number of rotatable bonds is 5. The molecule has 0 saturated carbocycles. The number of hydrogen-bond acceptors (Lipinski definition) is 7. The van der Waals surface area contributed by atoms with Gasteiger partial charge in [0, 0.05) is 6.92 Å². The van der Waals surface area contributed by atoms with Crippen molar-refractivity contribution >= 4 is 17.9 Å². The number of carbonyl (C=O) groups is 3. The van der Waals surface area contributed by atoms with Gasteiger partial charge in [0.15, 0.2) is 11.2 Å². The van der Waals surface area contributed by atoms with Crippen molar-refractivity contribution in [1.29, 1.82) is 0 Å². The zero-order chi connectivity index (χ0) is 21.5. The third kappa shape index (κ3) is 2.52. The van der Waals surface area contributed by atoms with Crippen LogP contribution in [-0.4, -0.2) is 38.7 Å². The molecule has 0 spiro atoms. The molecule has 0 radical (unpaired) electrons. The number of hydrogen-bond donors (Lipinski definition) is 0. The van der Waals surface area contributed by atoms with Crippen molar-refractivity contribution in [1.82, 2.24) is 0 Å². The van der Waals surface area contributed by atoms with Crippen molar-refractivity contribution in [3.63, 3.8) is 0 Å². The van der Waals surface area contributed by atoms with Crippen LogP contribution >= 0.6 is 0 Å². The fraction of sp³-hybridized carbons (Fsp3) is 0.261. The first-order chi connectivity index (χ1) is 14.4. The van der Waals surface area contributed by atoms with Crippen LogP contribution in [0.4, 0.5) is 0 Å². The van der Waals surface area contributed by atoms with Crippen LogP contribution in [0.2, 0.25) is 0 Å². The highest BCUT2D eigenvalue weighted by atomic mass is 16.6. The lowest BCUT2D eigenvalue weighted by atomic mass is 9.70. The average molecular weight is 408 g/mol. The van der Waals surface area contributed by atoms with Crippen molar-refractivity contribution in [3.05, 3.63) is 82.4 Å². The molecule has 0 amide bonds. The second-order valence-electron chi connectivity index (χ2n) is 7.04. The predicted molar refractivity (Wildman–Crippen MR) is 104 cm³/mol. The number of fused-ring (bicyclic) bond motifs is 5. The summed E-state index contributed by atoms with van der Waals surface area (Å²) in [5.74, 6) is -2.02. The van der Waals surface area contributed by atoms with E-state index in [0.29, 0.717) is 16.7 Å². The van der Waals surface area contributed by atoms with Gasteiger partial charge in [-0.05, 0) is 16.7 Å². The molecule has 2 aromatic rings. The van der Waals surface area contributed by atoms with Crippen LogP contribution in [0.3, 0.4) is 0 Å². The van der Waals surface area contributed by atoms with E-state index in [0.717, 1.165) is 0 Å². The normalized spacial score (nSPS) is 23.7. The zero-order valence-electron chi connectivity index (χ0n) is 16.8. The molecule has 0 aliphatic carbocycles. The Labute approximate surface area is 173 Å². The smallest absolute Gasteiger partial charge is 0.338 e. The summed E-state index contributed by atoms with van der Waals surface area (Å²) in [5, 5.41) is 0. The molecule has 0 fully saturated rings. The lowest BCUT2D eigenvalue weighted by Gasteiger charge is -2.30. The van der Waals surface area contributed by atoms with Gasteiger partial charge in [-0.25, -0.2) is 9.59 Å². The van der Waals surface area contributed by atoms with E-state index in [1.807, 2.05) is 42.5 Å². The quantitative estimate of drug-likeness (QED) is 0.554. The summed E-state index contributed by atoms with van der Waals surface area (Å²) >= 11 is 0. The minimum Gasteiger partial charge on any atom is -0.466 e. The zero-order valence-corrected chi connectivity index (χ0v) is 16.8. The Balaban J connectivity index is 2.11. The van der Waals surface area contributed by atoms with Crippen LogP contribution < -0.4 is 0 Å². The first-order valence-corrected chi connectivity index (χ1v) is 9.33. The van der Waals surface area contributed by atoms with Gasteiger partial charge in [0.25, 0.3) is 0 Å². The van der Waals surface area contributed by atoms with Gasteiger partial charge in [-0.15, -0.1) is 0 Å². The molecule has 0 saturated heterocycles. The van der Waals surface area contributed by atoms with E-state index in [9.17, 15) is 14.4 Å². The maximum Gasteiger partial charge on any atom is 0.338 e. The van der Waals surface area contributed by atoms with E-state index < -0.39 is 29.1 Å². The molecule has 2 bridgehead atoms. The second kappa shape index (κ2) is 7.11. The lowest BCUT2D eigenvalue weighted by molar-refractivity contribution is -0.157. The van der Waals surface area contributed by atoms with Crippen molar-refractivity contribution in [2.24, 2.45) is 0 Å². The van der Waals surface area contributed by atoms with Crippen molar-refractivity contribution in [2.75, 3.05) is 20.8 Å². The lowest BCUT2D eigenvalue weighted by Crippen LogP contribution is -2.37. The van der Waals surface area contributed by atoms with Gasteiger partial charge in [0.1, 0.15) is 6.61 Å². The van der Waals surface area contributed by atoms with Gasteiger partial charge < -0.3 is 18.9 Å². The van der Waals surface area contributed by atoms with E-state index >= 15 is 0 Å². The molecule has 2 aliphatic rings. The molecule has 0 N–H and O–H groups in total. The monoisotopic (exact) mass is 408 g/mol. The highest BCUT2D eigenvalue weighted by Crippen LogP contribution is 2.64. The molecule has 0 unspecified atom stereocenters.